The topological polar surface area (TPSA) is 88.3 Å². The van der Waals surface area contributed by atoms with E-state index in [1.165, 1.54) is 0 Å². The van der Waals surface area contributed by atoms with E-state index in [9.17, 15) is 22.8 Å². The fourth-order valence-electron chi connectivity index (χ4n) is 3.28. The second-order valence-corrected chi connectivity index (χ2v) is 7.75. The van der Waals surface area contributed by atoms with E-state index in [2.05, 4.69) is 10.3 Å². The minimum Gasteiger partial charge on any atom is -0.350 e. The number of aromatic nitrogens is 1. The van der Waals surface area contributed by atoms with Crippen molar-refractivity contribution in [2.45, 2.75) is 44.6 Å². The molecule has 29 heavy (non-hydrogen) atoms. The zero-order valence-electron chi connectivity index (χ0n) is 15.7. The van der Waals surface area contributed by atoms with Crippen LogP contribution in [0, 0.1) is 6.92 Å². The molecule has 1 aliphatic rings. The number of likely N-dealkylation sites (tertiary alicyclic amines) is 1. The molecule has 1 aromatic heterocycles. The Labute approximate surface area is 169 Å². The highest BCUT2D eigenvalue weighted by Crippen LogP contribution is 2.27. The molecule has 2 atom stereocenters. The lowest BCUT2D eigenvalue weighted by Gasteiger charge is -2.27. The predicted octanol–water partition coefficient (Wildman–Crippen LogP) is 2.62. The van der Waals surface area contributed by atoms with Crippen LogP contribution in [0.3, 0.4) is 0 Å². The first-order valence-corrected chi connectivity index (χ1v) is 9.96. The lowest BCUT2D eigenvalue weighted by atomic mass is 10.1. The fraction of sp³-hybridized carbons (Fsp3) is 0.421. The van der Waals surface area contributed by atoms with Crippen molar-refractivity contribution in [3.63, 3.8) is 0 Å². The molecule has 2 heterocycles. The number of hydrogen-bond acceptors (Lipinski definition) is 5. The first kappa shape index (κ1) is 21.3. The van der Waals surface area contributed by atoms with Crippen LogP contribution in [0.15, 0.2) is 29.8 Å². The summed E-state index contributed by atoms with van der Waals surface area (Å²) < 4.78 is 38.2. The number of alkyl halides is 3. The van der Waals surface area contributed by atoms with E-state index in [4.69, 9.17) is 5.73 Å². The summed E-state index contributed by atoms with van der Waals surface area (Å²) in [6.07, 6.45) is -4.07. The summed E-state index contributed by atoms with van der Waals surface area (Å²) in [7, 11) is 0. The third-order valence-electron chi connectivity index (χ3n) is 4.89. The zero-order chi connectivity index (χ0) is 21.2. The average molecular weight is 426 g/mol. The first-order chi connectivity index (χ1) is 13.7. The lowest BCUT2D eigenvalue weighted by Crippen LogP contribution is -2.55. The molecule has 1 aromatic carbocycles. The monoisotopic (exact) mass is 426 g/mol. The number of nitrogens with one attached hydrogen (secondary N) is 1. The van der Waals surface area contributed by atoms with Gasteiger partial charge in [-0.3, -0.25) is 9.59 Å². The number of amides is 2. The molecule has 6 nitrogen and oxygen atoms in total. The average Bonchev–Trinajstić information content (AvgIpc) is 3.33. The largest absolute Gasteiger partial charge is 0.412 e. The standard InChI is InChI=1S/C19H21F3N4O2S/c1-11-15(29-10-25-11)13-6-4-12(5-7-13)9-24-17(27)14-3-2-8-26(14)18(28)16(23)19(20,21)22/h4-7,10,14,16H,2-3,8-9,23H2,1H3,(H,24,27)/t14-,16?/m0/s1. The Morgan fingerprint density at radius 3 is 2.62 bits per heavy atom. The molecule has 0 aliphatic carbocycles. The van der Waals surface area contributed by atoms with Crippen molar-refractivity contribution >= 4 is 23.2 Å². The molecule has 3 rings (SSSR count). The van der Waals surface area contributed by atoms with Gasteiger partial charge in [0.2, 0.25) is 11.8 Å². The fourth-order valence-corrected chi connectivity index (χ4v) is 4.09. The molecule has 1 unspecified atom stereocenters. The number of carbonyl (C=O) groups excluding carboxylic acids is 2. The Hall–Kier alpha value is -2.46. The Bertz CT molecular complexity index is 882. The van der Waals surface area contributed by atoms with Crippen molar-refractivity contribution in [3.05, 3.63) is 41.0 Å². The van der Waals surface area contributed by atoms with Gasteiger partial charge in [-0.15, -0.1) is 11.3 Å². The van der Waals surface area contributed by atoms with E-state index in [0.717, 1.165) is 26.6 Å². The van der Waals surface area contributed by atoms with Gasteiger partial charge in [0.1, 0.15) is 6.04 Å². The number of nitrogens with two attached hydrogens (primary N) is 1. The molecule has 0 saturated carbocycles. The summed E-state index contributed by atoms with van der Waals surface area (Å²) in [4.78, 5) is 30.7. The number of aryl methyl sites for hydroxylation is 1. The number of carbonyl (C=O) groups is 2. The van der Waals surface area contributed by atoms with Crippen LogP contribution in [0.2, 0.25) is 0 Å². The number of halogens is 3. The second-order valence-electron chi connectivity index (χ2n) is 6.89. The van der Waals surface area contributed by atoms with Gasteiger partial charge in [0, 0.05) is 13.1 Å². The molecule has 10 heteroatoms. The Balaban J connectivity index is 1.60. The molecule has 0 radical (unpaired) electrons. The van der Waals surface area contributed by atoms with Crippen molar-refractivity contribution in [1.29, 1.82) is 0 Å². The van der Waals surface area contributed by atoms with Crippen LogP contribution in [0.5, 0.6) is 0 Å². The minimum atomic E-state index is -4.83. The molecule has 2 amide bonds. The van der Waals surface area contributed by atoms with E-state index in [-0.39, 0.29) is 13.1 Å². The number of thiazole rings is 1. The van der Waals surface area contributed by atoms with Crippen LogP contribution in [-0.2, 0) is 16.1 Å². The van der Waals surface area contributed by atoms with Crippen molar-refractivity contribution in [2.75, 3.05) is 6.54 Å². The third-order valence-corrected chi connectivity index (χ3v) is 5.86. The molecular formula is C19H21F3N4O2S. The third kappa shape index (κ3) is 4.76. The maximum atomic E-state index is 12.7. The number of benzene rings is 1. The van der Waals surface area contributed by atoms with Crippen molar-refractivity contribution in [3.8, 4) is 10.4 Å². The Morgan fingerprint density at radius 1 is 1.34 bits per heavy atom. The predicted molar refractivity (Wildman–Crippen MR) is 103 cm³/mol. The molecule has 1 aliphatic heterocycles. The van der Waals surface area contributed by atoms with Gasteiger partial charge in [-0.05, 0) is 30.9 Å². The molecule has 1 fully saturated rings. The molecule has 0 spiro atoms. The Kier molecular flexibility index (Phi) is 6.23. The molecular weight excluding hydrogens is 405 g/mol. The van der Waals surface area contributed by atoms with Gasteiger partial charge in [-0.1, -0.05) is 24.3 Å². The SMILES string of the molecule is Cc1ncsc1-c1ccc(CNC(=O)[C@@H]2CCCN2C(=O)C(N)C(F)(F)F)cc1. The van der Waals surface area contributed by atoms with Crippen LogP contribution in [0.4, 0.5) is 13.2 Å². The van der Waals surface area contributed by atoms with Crippen LogP contribution >= 0.6 is 11.3 Å². The number of hydrogen-bond donors (Lipinski definition) is 2. The Morgan fingerprint density at radius 2 is 2.03 bits per heavy atom. The smallest absolute Gasteiger partial charge is 0.350 e. The summed E-state index contributed by atoms with van der Waals surface area (Å²) in [6, 6.07) is 4.04. The summed E-state index contributed by atoms with van der Waals surface area (Å²) in [6.45, 7) is 2.23. The number of rotatable bonds is 5. The van der Waals surface area contributed by atoms with Gasteiger partial charge in [0.25, 0.3) is 0 Å². The van der Waals surface area contributed by atoms with Crippen LogP contribution in [-0.4, -0.2) is 46.5 Å². The highest BCUT2D eigenvalue weighted by molar-refractivity contribution is 7.13. The number of nitrogens with zero attached hydrogens (tertiary/aromatic N) is 2. The first-order valence-electron chi connectivity index (χ1n) is 9.08. The van der Waals surface area contributed by atoms with E-state index in [0.29, 0.717) is 12.8 Å². The van der Waals surface area contributed by atoms with Crippen molar-refractivity contribution in [1.82, 2.24) is 15.2 Å². The summed E-state index contributed by atoms with van der Waals surface area (Å²) in [5.41, 5.74) is 9.60. The lowest BCUT2D eigenvalue weighted by molar-refractivity contribution is -0.171. The molecule has 156 valence electrons. The van der Waals surface area contributed by atoms with Crippen LogP contribution < -0.4 is 11.1 Å². The quantitative estimate of drug-likeness (QED) is 0.769. The van der Waals surface area contributed by atoms with E-state index >= 15 is 0 Å². The van der Waals surface area contributed by atoms with Gasteiger partial charge in [-0.2, -0.15) is 13.2 Å². The second kappa shape index (κ2) is 8.50. The van der Waals surface area contributed by atoms with Crippen molar-refractivity contribution < 1.29 is 22.8 Å². The van der Waals surface area contributed by atoms with Crippen LogP contribution in [0.25, 0.3) is 10.4 Å². The summed E-state index contributed by atoms with van der Waals surface area (Å²) in [5, 5.41) is 2.70. The molecule has 0 bridgehead atoms. The summed E-state index contributed by atoms with van der Waals surface area (Å²) in [5.74, 6) is -1.74. The van der Waals surface area contributed by atoms with Gasteiger partial charge in [0.05, 0.1) is 16.1 Å². The van der Waals surface area contributed by atoms with Gasteiger partial charge in [-0.25, -0.2) is 4.98 Å². The van der Waals surface area contributed by atoms with Crippen molar-refractivity contribution in [2.24, 2.45) is 5.73 Å². The van der Waals surface area contributed by atoms with E-state index in [1.54, 1.807) is 16.8 Å². The molecule has 1 saturated heterocycles. The van der Waals surface area contributed by atoms with E-state index < -0.39 is 30.1 Å². The van der Waals surface area contributed by atoms with Crippen LogP contribution in [0.1, 0.15) is 24.1 Å². The van der Waals surface area contributed by atoms with Gasteiger partial charge < -0.3 is 16.0 Å². The maximum Gasteiger partial charge on any atom is 0.412 e. The minimum absolute atomic E-state index is 0.0869. The summed E-state index contributed by atoms with van der Waals surface area (Å²) >= 11 is 1.54. The highest BCUT2D eigenvalue weighted by atomic mass is 32.1. The zero-order valence-corrected chi connectivity index (χ0v) is 16.5. The maximum absolute atomic E-state index is 12.7. The normalized spacial score (nSPS) is 18.0. The van der Waals surface area contributed by atoms with E-state index in [1.807, 2.05) is 31.2 Å². The molecule has 3 N–H and O–H groups in total. The molecule has 2 aromatic rings. The highest BCUT2D eigenvalue weighted by Gasteiger charge is 2.47. The van der Waals surface area contributed by atoms with Gasteiger partial charge >= 0.3 is 6.18 Å². The van der Waals surface area contributed by atoms with Gasteiger partial charge in [0.15, 0.2) is 6.04 Å².